The van der Waals surface area contributed by atoms with E-state index in [0.29, 0.717) is 0 Å². The predicted octanol–water partition coefficient (Wildman–Crippen LogP) is 15.6. The zero-order chi connectivity index (χ0) is 36.3. The van der Waals surface area contributed by atoms with Crippen LogP contribution in [0.15, 0.2) is 205 Å². The molecule has 0 amide bonds. The van der Waals surface area contributed by atoms with E-state index in [4.69, 9.17) is 4.42 Å². The molecule has 0 aliphatic carbocycles. The van der Waals surface area contributed by atoms with Gasteiger partial charge in [-0.3, -0.25) is 0 Å². The Morgan fingerprint density at radius 1 is 0.345 bits per heavy atom. The maximum Gasteiger partial charge on any atom is 0.137 e. The van der Waals surface area contributed by atoms with E-state index < -0.39 is 0 Å². The molecule has 3 heteroatoms. The summed E-state index contributed by atoms with van der Waals surface area (Å²) in [4.78, 5) is 2.37. The maximum absolute atomic E-state index is 6.44. The molecule has 258 valence electrons. The van der Waals surface area contributed by atoms with Crippen molar-refractivity contribution < 1.29 is 4.42 Å². The van der Waals surface area contributed by atoms with Gasteiger partial charge in [-0.15, -0.1) is 11.3 Å². The average Bonchev–Trinajstić information content (AvgIpc) is 3.82. The van der Waals surface area contributed by atoms with Crippen molar-refractivity contribution in [3.05, 3.63) is 200 Å². The molecule has 0 fully saturated rings. The van der Waals surface area contributed by atoms with E-state index in [2.05, 4.69) is 193 Å². The van der Waals surface area contributed by atoms with Gasteiger partial charge in [0.15, 0.2) is 0 Å². The molecule has 0 atom stereocenters. The Bertz CT molecular complexity index is 3220. The smallest absolute Gasteiger partial charge is 0.137 e. The first-order valence-electron chi connectivity index (χ1n) is 18.7. The molecule has 0 spiro atoms. The topological polar surface area (TPSA) is 16.4 Å². The first kappa shape index (κ1) is 31.6. The number of para-hydroxylation sites is 2. The van der Waals surface area contributed by atoms with Gasteiger partial charge in [-0.25, -0.2) is 0 Å². The van der Waals surface area contributed by atoms with Crippen LogP contribution >= 0.6 is 11.3 Å². The van der Waals surface area contributed by atoms with Crippen molar-refractivity contribution in [3.8, 4) is 33.4 Å². The first-order valence-corrected chi connectivity index (χ1v) is 19.5. The number of rotatable bonds is 6. The molecule has 0 bridgehead atoms. The number of benzene rings is 9. The van der Waals surface area contributed by atoms with E-state index in [1.165, 1.54) is 58.8 Å². The molecule has 11 rings (SSSR count). The molecule has 2 aromatic heterocycles. The van der Waals surface area contributed by atoms with E-state index in [-0.39, 0.29) is 0 Å². The quantitative estimate of drug-likeness (QED) is 0.170. The summed E-state index contributed by atoms with van der Waals surface area (Å²) >= 11 is 1.85. The van der Waals surface area contributed by atoms with Crippen LogP contribution < -0.4 is 4.90 Å². The standard InChI is InChI=1S/C52H33NOS/c1-2-12-36-31-37(22-21-34(36)11-1)42-14-4-3-13-41(42)35-23-26-39(27-24-35)53(40-28-30-45-44-16-6-9-19-49(44)54-50(45)33-40)48-18-8-5-15-43(48)38-25-29-47-46-17-7-10-20-51(46)55-52(47)32-38/h1-33H. The molecule has 11 aromatic rings. The lowest BCUT2D eigenvalue weighted by Crippen LogP contribution is -2.11. The van der Waals surface area contributed by atoms with Gasteiger partial charge in [0, 0.05) is 53.9 Å². The monoisotopic (exact) mass is 719 g/mol. The van der Waals surface area contributed by atoms with E-state index in [1.807, 2.05) is 23.5 Å². The van der Waals surface area contributed by atoms with Gasteiger partial charge < -0.3 is 9.32 Å². The van der Waals surface area contributed by atoms with Crippen molar-refractivity contribution >= 4 is 81.3 Å². The van der Waals surface area contributed by atoms with Crippen LogP contribution in [0, 0.1) is 0 Å². The molecule has 0 aliphatic heterocycles. The van der Waals surface area contributed by atoms with Crippen LogP contribution in [-0.4, -0.2) is 0 Å². The predicted molar refractivity (Wildman–Crippen MR) is 235 cm³/mol. The summed E-state index contributed by atoms with van der Waals surface area (Å²) in [6.45, 7) is 0. The second kappa shape index (κ2) is 12.9. The van der Waals surface area contributed by atoms with Gasteiger partial charge in [-0.05, 0) is 93.2 Å². The highest BCUT2D eigenvalue weighted by Crippen LogP contribution is 2.45. The summed E-state index contributed by atoms with van der Waals surface area (Å²) in [5.41, 5.74) is 12.1. The molecule has 0 radical (unpaired) electrons. The Morgan fingerprint density at radius 2 is 0.927 bits per heavy atom. The zero-order valence-electron chi connectivity index (χ0n) is 29.8. The van der Waals surface area contributed by atoms with Crippen LogP contribution in [0.2, 0.25) is 0 Å². The summed E-state index contributed by atoms with van der Waals surface area (Å²) < 4.78 is 9.04. The second-order valence-electron chi connectivity index (χ2n) is 14.1. The molecule has 2 nitrogen and oxygen atoms in total. The number of anilines is 3. The fraction of sp³-hybridized carbons (Fsp3) is 0. The number of hydrogen-bond acceptors (Lipinski definition) is 3. The number of nitrogens with zero attached hydrogens (tertiary/aromatic N) is 1. The summed E-state index contributed by atoms with van der Waals surface area (Å²) in [5.74, 6) is 0. The van der Waals surface area contributed by atoms with Gasteiger partial charge in [-0.1, -0.05) is 140 Å². The minimum atomic E-state index is 0.869. The van der Waals surface area contributed by atoms with Crippen LogP contribution in [0.4, 0.5) is 17.1 Å². The van der Waals surface area contributed by atoms with E-state index in [9.17, 15) is 0 Å². The van der Waals surface area contributed by atoms with Gasteiger partial charge in [0.1, 0.15) is 11.2 Å². The summed E-state index contributed by atoms with van der Waals surface area (Å²) in [6.07, 6.45) is 0. The van der Waals surface area contributed by atoms with Gasteiger partial charge in [0.25, 0.3) is 0 Å². The Morgan fingerprint density at radius 3 is 1.80 bits per heavy atom. The minimum Gasteiger partial charge on any atom is -0.456 e. The lowest BCUT2D eigenvalue weighted by atomic mass is 9.93. The largest absolute Gasteiger partial charge is 0.456 e. The van der Waals surface area contributed by atoms with Crippen molar-refractivity contribution in [2.24, 2.45) is 0 Å². The van der Waals surface area contributed by atoms with Crippen molar-refractivity contribution in [3.63, 3.8) is 0 Å². The Kier molecular flexibility index (Phi) is 7.39. The molecule has 2 heterocycles. The lowest BCUT2D eigenvalue weighted by Gasteiger charge is -2.28. The van der Waals surface area contributed by atoms with Crippen molar-refractivity contribution in [2.45, 2.75) is 0 Å². The van der Waals surface area contributed by atoms with Crippen LogP contribution in [-0.2, 0) is 0 Å². The lowest BCUT2D eigenvalue weighted by molar-refractivity contribution is 0.669. The highest BCUT2D eigenvalue weighted by molar-refractivity contribution is 7.25. The SMILES string of the molecule is c1ccc(-c2ccc3ccccc3c2)c(-c2ccc(N(c3ccc4c(c3)oc3ccccc34)c3ccccc3-c3ccc4c(c3)sc3ccccc34)cc2)c1. The molecule has 0 N–H and O–H groups in total. The average molecular weight is 720 g/mol. The van der Waals surface area contributed by atoms with Crippen LogP contribution in [0.5, 0.6) is 0 Å². The second-order valence-corrected chi connectivity index (χ2v) is 15.2. The summed E-state index contributed by atoms with van der Waals surface area (Å²) in [7, 11) is 0. The Hall–Kier alpha value is -6.94. The fourth-order valence-electron chi connectivity index (χ4n) is 8.22. The van der Waals surface area contributed by atoms with Crippen LogP contribution in [0.3, 0.4) is 0 Å². The normalized spacial score (nSPS) is 11.6. The number of fused-ring (bicyclic) bond motifs is 7. The van der Waals surface area contributed by atoms with E-state index in [1.54, 1.807) is 0 Å². The van der Waals surface area contributed by atoms with Crippen molar-refractivity contribution in [2.75, 3.05) is 4.90 Å². The van der Waals surface area contributed by atoms with E-state index in [0.717, 1.165) is 44.6 Å². The highest BCUT2D eigenvalue weighted by atomic mass is 32.1. The molecule has 0 saturated carbocycles. The third-order valence-corrected chi connectivity index (χ3v) is 12.0. The van der Waals surface area contributed by atoms with Crippen LogP contribution in [0.25, 0.3) is 86.3 Å². The molecule has 0 unspecified atom stereocenters. The van der Waals surface area contributed by atoms with E-state index >= 15 is 0 Å². The van der Waals surface area contributed by atoms with Crippen molar-refractivity contribution in [1.29, 1.82) is 0 Å². The van der Waals surface area contributed by atoms with Gasteiger partial charge >= 0.3 is 0 Å². The molecule has 0 aliphatic rings. The third kappa shape index (κ3) is 5.40. The zero-order valence-corrected chi connectivity index (χ0v) is 30.6. The fourth-order valence-corrected chi connectivity index (χ4v) is 9.37. The van der Waals surface area contributed by atoms with Gasteiger partial charge in [0.2, 0.25) is 0 Å². The Balaban J connectivity index is 1.06. The summed E-state index contributed by atoms with van der Waals surface area (Å²) in [6, 6.07) is 72.3. The molecule has 9 aromatic carbocycles. The number of furan rings is 1. The van der Waals surface area contributed by atoms with Gasteiger partial charge in [-0.2, -0.15) is 0 Å². The summed E-state index contributed by atoms with van der Waals surface area (Å²) in [5, 5.41) is 7.34. The minimum absolute atomic E-state index is 0.869. The molecular weight excluding hydrogens is 687 g/mol. The number of hydrogen-bond donors (Lipinski definition) is 0. The van der Waals surface area contributed by atoms with Gasteiger partial charge in [0.05, 0.1) is 5.69 Å². The first-order chi connectivity index (χ1) is 27.2. The Labute approximate surface area is 322 Å². The molecular formula is C52H33NOS. The molecule has 0 saturated heterocycles. The van der Waals surface area contributed by atoms with Crippen LogP contribution in [0.1, 0.15) is 0 Å². The number of thiophene rings is 1. The molecule has 55 heavy (non-hydrogen) atoms. The maximum atomic E-state index is 6.44. The van der Waals surface area contributed by atoms with Crippen molar-refractivity contribution in [1.82, 2.24) is 0 Å². The highest BCUT2D eigenvalue weighted by Gasteiger charge is 2.20. The third-order valence-electron chi connectivity index (χ3n) is 10.9.